The Hall–Kier alpha value is -1.56. The molecule has 2 aliphatic rings. The van der Waals surface area contributed by atoms with Gasteiger partial charge in [0, 0.05) is 35.3 Å². The van der Waals surface area contributed by atoms with E-state index in [9.17, 15) is 13.2 Å². The summed E-state index contributed by atoms with van der Waals surface area (Å²) in [5.74, 6) is -2.73. The number of hydrogen-bond donors (Lipinski definition) is 1. The maximum Gasteiger partial charge on any atom is 0.177 e. The Balaban J connectivity index is 1.90. The van der Waals surface area contributed by atoms with E-state index in [1.807, 2.05) is 4.57 Å². The molecule has 4 rings (SSSR count). The molecular weight excluding hydrogens is 273 g/mol. The Labute approximate surface area is 111 Å². The summed E-state index contributed by atoms with van der Waals surface area (Å²) in [6, 6.07) is 1.82. The van der Waals surface area contributed by atoms with Crippen molar-refractivity contribution in [2.45, 2.75) is 24.3 Å². The van der Waals surface area contributed by atoms with Gasteiger partial charge in [0.1, 0.15) is 5.82 Å². The van der Waals surface area contributed by atoms with Crippen LogP contribution in [0.5, 0.6) is 0 Å². The molecule has 6 heteroatoms. The van der Waals surface area contributed by atoms with Crippen molar-refractivity contribution >= 4 is 12.2 Å². The molecule has 0 radical (unpaired) electrons. The summed E-state index contributed by atoms with van der Waals surface area (Å²) in [6.45, 7) is 0.409. The predicted octanol–water partition coefficient (Wildman–Crippen LogP) is 3.40. The number of aromatic nitrogens is 2. The highest BCUT2D eigenvalue weighted by atomic mass is 32.1. The Bertz CT molecular complexity index is 764. The lowest BCUT2D eigenvalue weighted by Crippen LogP contribution is -2.17. The summed E-state index contributed by atoms with van der Waals surface area (Å²) in [5, 5.41) is 0. The number of hydrogen-bond acceptors (Lipinski definition) is 1. The highest BCUT2D eigenvalue weighted by Crippen LogP contribution is 2.66. The first kappa shape index (κ1) is 11.3. The van der Waals surface area contributed by atoms with Crippen molar-refractivity contribution < 1.29 is 13.2 Å². The average molecular weight is 282 g/mol. The molecule has 0 unspecified atom stereocenters. The zero-order valence-corrected chi connectivity index (χ0v) is 10.5. The minimum Gasteiger partial charge on any atom is -0.337 e. The van der Waals surface area contributed by atoms with Gasteiger partial charge in [-0.25, -0.2) is 13.2 Å². The number of nitrogens with zero attached hydrogens (tertiary/aromatic N) is 1. The van der Waals surface area contributed by atoms with Gasteiger partial charge in [-0.05, 0) is 30.8 Å². The lowest BCUT2D eigenvalue weighted by molar-refractivity contribution is 0.445. The largest absolute Gasteiger partial charge is 0.337 e. The summed E-state index contributed by atoms with van der Waals surface area (Å²) in [7, 11) is 0. The molecule has 1 aromatic carbocycles. The van der Waals surface area contributed by atoms with E-state index in [0.29, 0.717) is 17.7 Å². The molecule has 0 spiro atoms. The summed E-state index contributed by atoms with van der Waals surface area (Å²) in [6.07, 6.45) is 2.41. The highest BCUT2D eigenvalue weighted by molar-refractivity contribution is 7.71. The van der Waals surface area contributed by atoms with Crippen LogP contribution < -0.4 is 0 Å². The molecule has 2 heterocycles. The second-order valence-electron chi connectivity index (χ2n) is 5.24. The summed E-state index contributed by atoms with van der Waals surface area (Å²) in [5.41, 5.74) is 0.164. The molecule has 1 fully saturated rings. The third-order valence-corrected chi connectivity index (χ3v) is 4.65. The van der Waals surface area contributed by atoms with Crippen LogP contribution in [0.2, 0.25) is 0 Å². The van der Waals surface area contributed by atoms with E-state index in [4.69, 9.17) is 12.2 Å². The molecule has 1 saturated carbocycles. The molecule has 1 aliphatic heterocycles. The average Bonchev–Trinajstić information content (AvgIpc) is 2.83. The molecule has 1 aliphatic carbocycles. The van der Waals surface area contributed by atoms with Crippen LogP contribution in [0.3, 0.4) is 0 Å². The van der Waals surface area contributed by atoms with Crippen molar-refractivity contribution in [3.63, 3.8) is 0 Å². The second kappa shape index (κ2) is 3.30. The third-order valence-electron chi connectivity index (χ3n) is 4.31. The van der Waals surface area contributed by atoms with Crippen LogP contribution in [-0.4, -0.2) is 9.55 Å². The maximum atomic E-state index is 14.0. The fraction of sp³-hybridized carbons (Fsp3) is 0.308. The number of halogens is 3. The standard InChI is InChI=1S/C13H9F3N2S/c14-7-1-2-8(15)11(16)10(7)13-3-6(13)9-4-17-12(19)18(9)5-13/h1-2,4,6H,3,5H2,(H,17,19)/t6-,13-/m1/s1. The molecule has 2 aromatic rings. The zero-order chi connectivity index (χ0) is 13.4. The Morgan fingerprint density at radius 2 is 2.00 bits per heavy atom. The van der Waals surface area contributed by atoms with Crippen LogP contribution in [-0.2, 0) is 12.0 Å². The fourth-order valence-corrected chi connectivity index (χ4v) is 3.58. The Morgan fingerprint density at radius 3 is 2.74 bits per heavy atom. The zero-order valence-electron chi connectivity index (χ0n) is 9.71. The molecule has 0 saturated heterocycles. The van der Waals surface area contributed by atoms with Crippen molar-refractivity contribution in [2.24, 2.45) is 0 Å². The Morgan fingerprint density at radius 1 is 1.26 bits per heavy atom. The van der Waals surface area contributed by atoms with Crippen LogP contribution in [0.1, 0.15) is 23.6 Å². The van der Waals surface area contributed by atoms with Gasteiger partial charge in [0.05, 0.1) is 0 Å². The van der Waals surface area contributed by atoms with Crippen molar-refractivity contribution in [1.29, 1.82) is 0 Å². The van der Waals surface area contributed by atoms with Crippen molar-refractivity contribution in [1.82, 2.24) is 9.55 Å². The van der Waals surface area contributed by atoms with Crippen LogP contribution in [0.25, 0.3) is 0 Å². The van der Waals surface area contributed by atoms with E-state index < -0.39 is 22.9 Å². The van der Waals surface area contributed by atoms with Crippen LogP contribution in [0, 0.1) is 22.2 Å². The SMILES string of the molecule is Fc1ccc(F)c([C@@]23C[C@@H]2c2c[nH]c(=S)n2C3)c1F. The van der Waals surface area contributed by atoms with Gasteiger partial charge >= 0.3 is 0 Å². The monoisotopic (exact) mass is 282 g/mol. The maximum absolute atomic E-state index is 14.0. The normalized spacial score (nSPS) is 27.2. The topological polar surface area (TPSA) is 20.7 Å². The molecular formula is C13H9F3N2S. The van der Waals surface area contributed by atoms with Crippen LogP contribution in [0.15, 0.2) is 18.3 Å². The number of aromatic amines is 1. The van der Waals surface area contributed by atoms with Crippen LogP contribution in [0.4, 0.5) is 13.2 Å². The molecule has 98 valence electrons. The van der Waals surface area contributed by atoms with Gasteiger partial charge in [-0.3, -0.25) is 0 Å². The number of imidazole rings is 1. The van der Waals surface area contributed by atoms with E-state index in [-0.39, 0.29) is 11.5 Å². The van der Waals surface area contributed by atoms with E-state index in [2.05, 4.69) is 4.98 Å². The number of nitrogens with one attached hydrogen (secondary N) is 1. The van der Waals surface area contributed by atoms with E-state index in [0.717, 1.165) is 17.8 Å². The van der Waals surface area contributed by atoms with Gasteiger partial charge in [0.2, 0.25) is 0 Å². The number of rotatable bonds is 1. The minimum atomic E-state index is -1.07. The molecule has 1 N–H and O–H groups in total. The van der Waals surface area contributed by atoms with Gasteiger partial charge in [-0.15, -0.1) is 0 Å². The second-order valence-corrected chi connectivity index (χ2v) is 5.62. The lowest BCUT2D eigenvalue weighted by Gasteiger charge is -2.15. The molecule has 19 heavy (non-hydrogen) atoms. The van der Waals surface area contributed by atoms with Gasteiger partial charge < -0.3 is 9.55 Å². The number of fused-ring (bicyclic) bond motifs is 3. The molecule has 2 nitrogen and oxygen atoms in total. The number of H-pyrrole nitrogens is 1. The first-order valence-corrected chi connectivity index (χ1v) is 6.37. The smallest absolute Gasteiger partial charge is 0.177 e. The molecule has 0 amide bonds. The third kappa shape index (κ3) is 1.25. The highest BCUT2D eigenvalue weighted by Gasteiger charge is 2.63. The van der Waals surface area contributed by atoms with Gasteiger partial charge in [0.15, 0.2) is 16.4 Å². The first-order chi connectivity index (χ1) is 9.04. The van der Waals surface area contributed by atoms with Crippen molar-refractivity contribution in [3.8, 4) is 0 Å². The fourth-order valence-electron chi connectivity index (χ4n) is 3.35. The number of benzene rings is 1. The van der Waals surface area contributed by atoms with Gasteiger partial charge in [0.25, 0.3) is 0 Å². The van der Waals surface area contributed by atoms with Crippen molar-refractivity contribution in [3.05, 3.63) is 51.8 Å². The van der Waals surface area contributed by atoms with Gasteiger partial charge in [-0.2, -0.15) is 0 Å². The lowest BCUT2D eigenvalue weighted by atomic mass is 9.93. The quantitative estimate of drug-likeness (QED) is 0.628. The minimum absolute atomic E-state index is 0.0197. The van der Waals surface area contributed by atoms with E-state index in [1.54, 1.807) is 6.20 Å². The van der Waals surface area contributed by atoms with E-state index >= 15 is 0 Å². The first-order valence-electron chi connectivity index (χ1n) is 5.97. The van der Waals surface area contributed by atoms with E-state index in [1.165, 1.54) is 0 Å². The van der Waals surface area contributed by atoms with Crippen molar-refractivity contribution in [2.75, 3.05) is 0 Å². The summed E-state index contributed by atoms with van der Waals surface area (Å²) < 4.78 is 43.6. The molecule has 1 aromatic heterocycles. The Kier molecular flexibility index (Phi) is 1.96. The summed E-state index contributed by atoms with van der Waals surface area (Å²) >= 11 is 5.12. The van der Waals surface area contributed by atoms with Gasteiger partial charge in [-0.1, -0.05) is 0 Å². The predicted molar refractivity (Wildman–Crippen MR) is 65.0 cm³/mol. The molecule has 0 bridgehead atoms. The van der Waals surface area contributed by atoms with Crippen LogP contribution >= 0.6 is 12.2 Å². The summed E-state index contributed by atoms with van der Waals surface area (Å²) in [4.78, 5) is 2.92. The molecule has 2 atom stereocenters.